The largest absolute Gasteiger partial charge is 0.384 e. The number of benzene rings is 1. The maximum Gasteiger partial charge on any atom is 0.254 e. The molecule has 0 bridgehead atoms. The summed E-state index contributed by atoms with van der Waals surface area (Å²) in [5.41, 5.74) is 7.07. The van der Waals surface area contributed by atoms with Gasteiger partial charge in [0.15, 0.2) is 0 Å². The van der Waals surface area contributed by atoms with Gasteiger partial charge < -0.3 is 10.6 Å². The van der Waals surface area contributed by atoms with Crippen molar-refractivity contribution in [2.45, 2.75) is 0 Å². The van der Waals surface area contributed by atoms with E-state index < -0.39 is 10.8 Å². The van der Waals surface area contributed by atoms with Crippen LogP contribution in [0.15, 0.2) is 30.3 Å². The Kier molecular flexibility index (Phi) is 3.40. The van der Waals surface area contributed by atoms with Gasteiger partial charge >= 0.3 is 0 Å². The van der Waals surface area contributed by atoms with Crippen molar-refractivity contribution >= 4 is 33.4 Å². The Labute approximate surface area is 119 Å². The monoisotopic (exact) mass is 289 g/mol. The summed E-state index contributed by atoms with van der Waals surface area (Å²) in [6, 6.07) is 9.08. The van der Waals surface area contributed by atoms with E-state index in [1.165, 1.54) is 0 Å². The van der Waals surface area contributed by atoms with E-state index in [1.807, 2.05) is 24.3 Å². The molecule has 1 aromatic heterocycles. The summed E-state index contributed by atoms with van der Waals surface area (Å²) in [6.07, 6.45) is 0. The molecule has 2 aromatic rings. The average molecular weight is 289 g/mol. The lowest BCUT2D eigenvalue weighted by Crippen LogP contribution is -2.41. The summed E-state index contributed by atoms with van der Waals surface area (Å²) in [5.74, 6) is 1.37. The number of nitrogen functional groups attached to an aromatic ring is 1. The molecule has 1 aliphatic rings. The molecule has 104 valence electrons. The van der Waals surface area contributed by atoms with Crippen LogP contribution in [0.3, 0.4) is 0 Å². The summed E-state index contributed by atoms with van der Waals surface area (Å²) in [4.78, 5) is 18.6. The number of nitrogens with two attached hydrogens (primary N) is 1. The number of aromatic nitrogens is 1. The molecule has 0 saturated carbocycles. The van der Waals surface area contributed by atoms with Crippen molar-refractivity contribution in [2.24, 2.45) is 0 Å². The standard InChI is InChI=1S/C14H15N3O2S/c15-13-9-11(10-3-1-2-4-12(10)16-13)14(18)17-5-7-20(19)8-6-17/h1-4,9H,5-8H2,(H2,15,16). The number of carbonyl (C=O) groups excluding carboxylic acids is 1. The number of pyridine rings is 1. The van der Waals surface area contributed by atoms with Crippen LogP contribution >= 0.6 is 0 Å². The minimum absolute atomic E-state index is 0.0630. The van der Waals surface area contributed by atoms with Crippen molar-refractivity contribution in [1.82, 2.24) is 9.88 Å². The topological polar surface area (TPSA) is 76.3 Å². The van der Waals surface area contributed by atoms with E-state index in [2.05, 4.69) is 4.98 Å². The van der Waals surface area contributed by atoms with Crippen LogP contribution < -0.4 is 5.73 Å². The van der Waals surface area contributed by atoms with Gasteiger partial charge in [-0.15, -0.1) is 0 Å². The highest BCUT2D eigenvalue weighted by molar-refractivity contribution is 7.85. The van der Waals surface area contributed by atoms with Crippen LogP contribution in [-0.4, -0.2) is 44.6 Å². The lowest BCUT2D eigenvalue weighted by molar-refractivity contribution is 0.0773. The van der Waals surface area contributed by atoms with Gasteiger partial charge in [-0.3, -0.25) is 9.00 Å². The number of rotatable bonds is 1. The fraction of sp³-hybridized carbons (Fsp3) is 0.286. The van der Waals surface area contributed by atoms with Gasteiger partial charge in [0.2, 0.25) is 0 Å². The number of anilines is 1. The molecule has 1 amide bonds. The van der Waals surface area contributed by atoms with Crippen molar-refractivity contribution in [1.29, 1.82) is 0 Å². The normalized spacial score (nSPS) is 16.5. The van der Waals surface area contributed by atoms with E-state index in [0.29, 0.717) is 36.0 Å². The number of fused-ring (bicyclic) bond motifs is 1. The zero-order valence-electron chi connectivity index (χ0n) is 10.9. The Hall–Kier alpha value is -1.95. The highest BCUT2D eigenvalue weighted by Gasteiger charge is 2.23. The van der Waals surface area contributed by atoms with Crippen LogP contribution in [0.2, 0.25) is 0 Å². The van der Waals surface area contributed by atoms with E-state index in [1.54, 1.807) is 11.0 Å². The number of hydrogen-bond acceptors (Lipinski definition) is 4. The second-order valence-electron chi connectivity index (χ2n) is 4.75. The van der Waals surface area contributed by atoms with Crippen LogP contribution in [0.5, 0.6) is 0 Å². The molecule has 20 heavy (non-hydrogen) atoms. The molecule has 0 spiro atoms. The second-order valence-corrected chi connectivity index (χ2v) is 6.45. The van der Waals surface area contributed by atoms with Gasteiger partial charge in [-0.25, -0.2) is 4.98 Å². The Bertz CT molecular complexity index is 692. The fourth-order valence-corrected chi connectivity index (χ4v) is 3.44. The van der Waals surface area contributed by atoms with Crippen molar-refractivity contribution in [3.8, 4) is 0 Å². The Morgan fingerprint density at radius 3 is 2.70 bits per heavy atom. The van der Waals surface area contributed by atoms with Gasteiger partial charge in [-0.1, -0.05) is 18.2 Å². The molecule has 1 aromatic carbocycles. The molecule has 1 aliphatic heterocycles. The third kappa shape index (κ3) is 2.38. The van der Waals surface area contributed by atoms with Crippen LogP contribution in [-0.2, 0) is 10.8 Å². The molecule has 2 heterocycles. The van der Waals surface area contributed by atoms with Crippen LogP contribution in [0, 0.1) is 0 Å². The van der Waals surface area contributed by atoms with E-state index in [0.717, 1.165) is 10.9 Å². The van der Waals surface area contributed by atoms with Gasteiger partial charge in [-0.2, -0.15) is 0 Å². The first-order chi connectivity index (χ1) is 9.65. The highest BCUT2D eigenvalue weighted by atomic mass is 32.2. The van der Waals surface area contributed by atoms with E-state index in [9.17, 15) is 9.00 Å². The SMILES string of the molecule is Nc1cc(C(=O)N2CCS(=O)CC2)c2ccccc2n1. The molecule has 5 nitrogen and oxygen atoms in total. The lowest BCUT2D eigenvalue weighted by atomic mass is 10.1. The lowest BCUT2D eigenvalue weighted by Gasteiger charge is -2.26. The van der Waals surface area contributed by atoms with E-state index in [4.69, 9.17) is 5.73 Å². The molecule has 0 atom stereocenters. The van der Waals surface area contributed by atoms with Crippen molar-refractivity contribution < 1.29 is 9.00 Å². The number of carbonyl (C=O) groups is 1. The predicted octanol–water partition coefficient (Wildman–Crippen LogP) is 1.02. The highest BCUT2D eigenvalue weighted by Crippen LogP contribution is 2.21. The maximum absolute atomic E-state index is 12.6. The summed E-state index contributed by atoms with van der Waals surface area (Å²) < 4.78 is 11.4. The molecule has 6 heteroatoms. The smallest absolute Gasteiger partial charge is 0.254 e. The quantitative estimate of drug-likeness (QED) is 0.850. The Balaban J connectivity index is 2.01. The summed E-state index contributed by atoms with van der Waals surface area (Å²) >= 11 is 0. The molecule has 0 radical (unpaired) electrons. The molecule has 1 saturated heterocycles. The summed E-state index contributed by atoms with van der Waals surface area (Å²) in [7, 11) is -0.796. The van der Waals surface area contributed by atoms with E-state index in [-0.39, 0.29) is 5.91 Å². The molecule has 3 rings (SSSR count). The van der Waals surface area contributed by atoms with Crippen molar-refractivity contribution in [3.63, 3.8) is 0 Å². The second kappa shape index (κ2) is 5.20. The zero-order chi connectivity index (χ0) is 14.1. The zero-order valence-corrected chi connectivity index (χ0v) is 11.7. The molecule has 1 fully saturated rings. The number of hydrogen-bond donors (Lipinski definition) is 1. The van der Waals surface area contributed by atoms with Crippen molar-refractivity contribution in [2.75, 3.05) is 30.3 Å². The van der Waals surface area contributed by atoms with Crippen LogP contribution in [0.25, 0.3) is 10.9 Å². The minimum Gasteiger partial charge on any atom is -0.384 e. The molecule has 0 aliphatic carbocycles. The summed E-state index contributed by atoms with van der Waals surface area (Å²) in [6.45, 7) is 1.06. The average Bonchev–Trinajstić information content (AvgIpc) is 2.46. The third-order valence-corrected chi connectivity index (χ3v) is 4.71. The number of amides is 1. The van der Waals surface area contributed by atoms with Gasteiger partial charge in [-0.05, 0) is 12.1 Å². The van der Waals surface area contributed by atoms with Gasteiger partial charge in [0, 0.05) is 40.8 Å². The van der Waals surface area contributed by atoms with Gasteiger partial charge in [0.1, 0.15) is 5.82 Å². The first kappa shape index (κ1) is 13.1. The summed E-state index contributed by atoms with van der Waals surface area (Å²) in [5, 5.41) is 0.804. The maximum atomic E-state index is 12.6. The molecule has 0 unspecified atom stereocenters. The Morgan fingerprint density at radius 2 is 1.95 bits per heavy atom. The van der Waals surface area contributed by atoms with Crippen molar-refractivity contribution in [3.05, 3.63) is 35.9 Å². The van der Waals surface area contributed by atoms with E-state index >= 15 is 0 Å². The molecule has 2 N–H and O–H groups in total. The van der Waals surface area contributed by atoms with Gasteiger partial charge in [0.05, 0.1) is 11.1 Å². The molecular formula is C14H15N3O2S. The van der Waals surface area contributed by atoms with Crippen LogP contribution in [0.4, 0.5) is 5.82 Å². The molecular weight excluding hydrogens is 274 g/mol. The van der Waals surface area contributed by atoms with Gasteiger partial charge in [0.25, 0.3) is 5.91 Å². The Morgan fingerprint density at radius 1 is 1.25 bits per heavy atom. The first-order valence-corrected chi connectivity index (χ1v) is 7.93. The third-order valence-electron chi connectivity index (χ3n) is 3.43. The number of para-hydroxylation sites is 1. The fourth-order valence-electron chi connectivity index (χ4n) is 2.38. The predicted molar refractivity (Wildman–Crippen MR) is 79.9 cm³/mol. The number of nitrogens with zero attached hydrogens (tertiary/aromatic N) is 2. The minimum atomic E-state index is -0.796. The first-order valence-electron chi connectivity index (χ1n) is 6.44. The van der Waals surface area contributed by atoms with Crippen LogP contribution in [0.1, 0.15) is 10.4 Å².